The molecule has 0 aromatic rings. The number of carbonyl (C=O) groups is 3. The lowest BCUT2D eigenvalue weighted by Crippen LogP contribution is -2.56. The van der Waals surface area contributed by atoms with Crippen LogP contribution in [0.2, 0.25) is 0 Å². The Balaban J connectivity index is 4.63. The Hall–Kier alpha value is -1.79. The molecule has 0 aliphatic heterocycles. The van der Waals surface area contributed by atoms with Crippen LogP contribution in [-0.2, 0) is 9.59 Å². The van der Waals surface area contributed by atoms with Crippen LogP contribution in [-0.4, -0.2) is 46.5 Å². The number of amides is 3. The van der Waals surface area contributed by atoms with Gasteiger partial charge in [0, 0.05) is 7.05 Å². The average Bonchev–Trinajstić information content (AvgIpc) is 2.15. The molecule has 92 valence electrons. The summed E-state index contributed by atoms with van der Waals surface area (Å²) in [6, 6.07) is -1.52. The average molecular weight is 231 g/mol. The van der Waals surface area contributed by atoms with Gasteiger partial charge in [0.2, 0.25) is 5.91 Å². The topological polar surface area (TPSA) is 113 Å². The number of likely N-dealkylation sites (N-methyl/N-ethyl adjacent to an activating group) is 1. The third kappa shape index (κ3) is 3.11. The smallest absolute Gasteiger partial charge is 0.329 e. The Morgan fingerprint density at radius 3 is 2.12 bits per heavy atom. The number of nitrogens with two attached hydrogens (primary N) is 1. The molecule has 7 heteroatoms. The Morgan fingerprint density at radius 1 is 1.38 bits per heavy atom. The van der Waals surface area contributed by atoms with Crippen LogP contribution in [0.5, 0.6) is 0 Å². The lowest BCUT2D eigenvalue weighted by Gasteiger charge is -2.32. The van der Waals surface area contributed by atoms with Gasteiger partial charge in [0.1, 0.15) is 11.6 Å². The van der Waals surface area contributed by atoms with Gasteiger partial charge in [-0.1, -0.05) is 0 Å². The number of carbonyl (C=O) groups excluding carboxylic acids is 2. The van der Waals surface area contributed by atoms with Crippen LogP contribution >= 0.6 is 0 Å². The van der Waals surface area contributed by atoms with Crippen LogP contribution in [0.4, 0.5) is 4.79 Å². The molecule has 0 saturated heterocycles. The maximum atomic E-state index is 11.6. The van der Waals surface area contributed by atoms with Crippen molar-refractivity contribution in [3.8, 4) is 0 Å². The van der Waals surface area contributed by atoms with E-state index in [9.17, 15) is 14.4 Å². The van der Waals surface area contributed by atoms with Crippen LogP contribution in [0.1, 0.15) is 20.8 Å². The molecule has 0 aliphatic carbocycles. The third-order valence-corrected chi connectivity index (χ3v) is 2.43. The van der Waals surface area contributed by atoms with E-state index in [1.807, 2.05) is 0 Å². The summed E-state index contributed by atoms with van der Waals surface area (Å²) in [7, 11) is 1.33. The molecule has 1 unspecified atom stereocenters. The van der Waals surface area contributed by atoms with Gasteiger partial charge >= 0.3 is 12.0 Å². The van der Waals surface area contributed by atoms with Crippen LogP contribution in [0.3, 0.4) is 0 Å². The van der Waals surface area contributed by atoms with E-state index in [1.165, 1.54) is 27.8 Å². The number of urea groups is 1. The second kappa shape index (κ2) is 4.82. The number of hydrogen-bond donors (Lipinski definition) is 3. The van der Waals surface area contributed by atoms with Crippen molar-refractivity contribution in [2.24, 2.45) is 5.73 Å². The SMILES string of the molecule is CC(NC(=O)N(C)C(C)(C)C(=O)O)C(N)=O. The Labute approximate surface area is 93.6 Å². The number of hydrogen-bond acceptors (Lipinski definition) is 3. The first-order valence-electron chi connectivity index (χ1n) is 4.67. The van der Waals surface area contributed by atoms with Crippen LogP contribution in [0.15, 0.2) is 0 Å². The molecule has 0 aliphatic rings. The van der Waals surface area contributed by atoms with E-state index in [2.05, 4.69) is 5.32 Å². The molecule has 16 heavy (non-hydrogen) atoms. The van der Waals surface area contributed by atoms with Crippen LogP contribution in [0.25, 0.3) is 0 Å². The van der Waals surface area contributed by atoms with E-state index in [0.29, 0.717) is 0 Å². The minimum absolute atomic E-state index is 0.668. The van der Waals surface area contributed by atoms with E-state index < -0.39 is 29.5 Å². The molecule has 0 radical (unpaired) electrons. The highest BCUT2D eigenvalue weighted by Gasteiger charge is 2.35. The van der Waals surface area contributed by atoms with E-state index in [0.717, 1.165) is 4.90 Å². The highest BCUT2D eigenvalue weighted by Crippen LogP contribution is 2.12. The van der Waals surface area contributed by atoms with E-state index in [4.69, 9.17) is 10.8 Å². The lowest BCUT2D eigenvalue weighted by molar-refractivity contribution is -0.146. The van der Waals surface area contributed by atoms with Gasteiger partial charge in [0.25, 0.3) is 0 Å². The molecular weight excluding hydrogens is 214 g/mol. The zero-order valence-electron chi connectivity index (χ0n) is 9.77. The Kier molecular flexibility index (Phi) is 4.28. The molecule has 0 rings (SSSR count). The van der Waals surface area contributed by atoms with Crippen molar-refractivity contribution in [3.63, 3.8) is 0 Å². The van der Waals surface area contributed by atoms with Crippen molar-refractivity contribution in [2.45, 2.75) is 32.4 Å². The van der Waals surface area contributed by atoms with Gasteiger partial charge in [0.15, 0.2) is 0 Å². The second-order valence-corrected chi connectivity index (χ2v) is 4.00. The zero-order chi connectivity index (χ0) is 13.1. The van der Waals surface area contributed by atoms with E-state index >= 15 is 0 Å². The Morgan fingerprint density at radius 2 is 1.81 bits per heavy atom. The van der Waals surface area contributed by atoms with Crippen molar-refractivity contribution in [1.82, 2.24) is 10.2 Å². The fraction of sp³-hybridized carbons (Fsp3) is 0.667. The first-order valence-corrected chi connectivity index (χ1v) is 4.67. The lowest BCUT2D eigenvalue weighted by atomic mass is 10.0. The molecule has 0 spiro atoms. The highest BCUT2D eigenvalue weighted by molar-refractivity contribution is 5.89. The summed E-state index contributed by atoms with van der Waals surface area (Å²) in [5.74, 6) is -1.83. The summed E-state index contributed by atoms with van der Waals surface area (Å²) < 4.78 is 0. The summed E-state index contributed by atoms with van der Waals surface area (Å²) >= 11 is 0. The molecule has 0 heterocycles. The van der Waals surface area contributed by atoms with Gasteiger partial charge in [-0.15, -0.1) is 0 Å². The first kappa shape index (κ1) is 14.2. The predicted octanol–water partition coefficient (Wildman–Crippen LogP) is -0.635. The maximum Gasteiger partial charge on any atom is 0.329 e. The second-order valence-electron chi connectivity index (χ2n) is 4.00. The van der Waals surface area contributed by atoms with Gasteiger partial charge in [-0.2, -0.15) is 0 Å². The van der Waals surface area contributed by atoms with E-state index in [1.54, 1.807) is 0 Å². The molecule has 0 aromatic carbocycles. The van der Waals surface area contributed by atoms with Gasteiger partial charge in [0.05, 0.1) is 0 Å². The number of aliphatic carboxylic acids is 1. The van der Waals surface area contributed by atoms with Gasteiger partial charge in [-0.25, -0.2) is 9.59 Å². The molecule has 0 fully saturated rings. The standard InChI is InChI=1S/C9H17N3O4/c1-5(6(10)13)11-8(16)12(4)9(2,3)7(14)15/h5H,1-4H3,(H2,10,13)(H,11,16)(H,14,15). The van der Waals surface area contributed by atoms with Crippen molar-refractivity contribution < 1.29 is 19.5 Å². The fourth-order valence-electron chi connectivity index (χ4n) is 0.750. The van der Waals surface area contributed by atoms with E-state index in [-0.39, 0.29) is 0 Å². The highest BCUT2D eigenvalue weighted by atomic mass is 16.4. The van der Waals surface area contributed by atoms with Crippen molar-refractivity contribution >= 4 is 17.9 Å². The molecule has 0 saturated carbocycles. The molecule has 7 nitrogen and oxygen atoms in total. The van der Waals surface area contributed by atoms with Gasteiger partial charge < -0.3 is 21.1 Å². The van der Waals surface area contributed by atoms with Crippen molar-refractivity contribution in [2.75, 3.05) is 7.05 Å². The van der Waals surface area contributed by atoms with Crippen molar-refractivity contribution in [1.29, 1.82) is 0 Å². The number of rotatable bonds is 4. The van der Waals surface area contributed by atoms with Gasteiger partial charge in [-0.05, 0) is 20.8 Å². The monoisotopic (exact) mass is 231 g/mol. The Bertz CT molecular complexity index is 314. The number of nitrogens with zero attached hydrogens (tertiary/aromatic N) is 1. The summed E-state index contributed by atoms with van der Waals surface area (Å²) in [5, 5.41) is 11.2. The van der Waals surface area contributed by atoms with Gasteiger partial charge in [-0.3, -0.25) is 4.79 Å². The normalized spacial score (nSPS) is 12.8. The minimum Gasteiger partial charge on any atom is -0.480 e. The summed E-state index contributed by atoms with van der Waals surface area (Å²) in [6.07, 6.45) is 0. The maximum absolute atomic E-state index is 11.6. The minimum atomic E-state index is -1.36. The number of carboxylic acid groups (broad SMARTS) is 1. The molecule has 0 aromatic heterocycles. The molecule has 1 atom stereocenters. The fourth-order valence-corrected chi connectivity index (χ4v) is 0.750. The molecule has 0 bridgehead atoms. The summed E-state index contributed by atoms with van der Waals surface area (Å²) in [6.45, 7) is 4.18. The predicted molar refractivity (Wildman–Crippen MR) is 56.7 cm³/mol. The summed E-state index contributed by atoms with van der Waals surface area (Å²) in [4.78, 5) is 34.1. The van der Waals surface area contributed by atoms with Crippen molar-refractivity contribution in [3.05, 3.63) is 0 Å². The third-order valence-electron chi connectivity index (χ3n) is 2.43. The van der Waals surface area contributed by atoms with Crippen LogP contribution in [0, 0.1) is 0 Å². The largest absolute Gasteiger partial charge is 0.480 e. The van der Waals surface area contributed by atoms with Crippen LogP contribution < -0.4 is 11.1 Å². The number of primary amides is 1. The quantitative estimate of drug-likeness (QED) is 0.597. The first-order chi connectivity index (χ1) is 7.10. The number of nitrogens with one attached hydrogen (secondary N) is 1. The zero-order valence-corrected chi connectivity index (χ0v) is 9.77. The molecular formula is C9H17N3O4. The molecule has 3 amide bonds. The molecule has 4 N–H and O–H groups in total. The number of carboxylic acids is 1. The summed E-state index contributed by atoms with van der Waals surface area (Å²) in [5.41, 5.74) is 3.61.